The molecule has 3 heteroatoms. The zero-order valence-electron chi connectivity index (χ0n) is 12.6. The van der Waals surface area contributed by atoms with Gasteiger partial charge in [-0.2, -0.15) is 0 Å². The quantitative estimate of drug-likeness (QED) is 0.893. The Bertz CT molecular complexity index is 469. The van der Waals surface area contributed by atoms with Crippen molar-refractivity contribution >= 4 is 5.91 Å². The second-order valence-corrected chi connectivity index (χ2v) is 6.71. The number of amides is 1. The summed E-state index contributed by atoms with van der Waals surface area (Å²) in [5.74, 6) is 0.930. The Kier molecular flexibility index (Phi) is 4.59. The fourth-order valence-electron chi connectivity index (χ4n) is 3.64. The highest BCUT2D eigenvalue weighted by molar-refractivity contribution is 5.79. The molecule has 1 aromatic rings. The third-order valence-corrected chi connectivity index (χ3v) is 5.16. The van der Waals surface area contributed by atoms with E-state index in [0.29, 0.717) is 5.92 Å². The van der Waals surface area contributed by atoms with E-state index in [2.05, 4.69) is 29.6 Å². The fraction of sp³-hybridized carbons (Fsp3) is 0.611. The Morgan fingerprint density at radius 2 is 1.81 bits per heavy atom. The molecule has 3 N–H and O–H groups in total. The van der Waals surface area contributed by atoms with Gasteiger partial charge in [0, 0.05) is 12.0 Å². The SMILES string of the molecule is NC1CCCC(C(=O)NC(c2ccccc2)C2CCC2)C1. The fourth-order valence-corrected chi connectivity index (χ4v) is 3.64. The highest BCUT2D eigenvalue weighted by Gasteiger charge is 2.32. The van der Waals surface area contributed by atoms with Gasteiger partial charge in [-0.1, -0.05) is 43.2 Å². The number of rotatable bonds is 4. The predicted molar refractivity (Wildman–Crippen MR) is 84.6 cm³/mol. The molecule has 3 atom stereocenters. The molecule has 0 saturated heterocycles. The largest absolute Gasteiger partial charge is 0.349 e. The van der Waals surface area contributed by atoms with Crippen molar-refractivity contribution < 1.29 is 4.79 Å². The van der Waals surface area contributed by atoms with Crippen LogP contribution in [0.3, 0.4) is 0 Å². The van der Waals surface area contributed by atoms with E-state index in [-0.39, 0.29) is 23.9 Å². The van der Waals surface area contributed by atoms with Crippen LogP contribution in [0, 0.1) is 11.8 Å². The second-order valence-electron chi connectivity index (χ2n) is 6.71. The average Bonchev–Trinajstić information content (AvgIpc) is 2.45. The van der Waals surface area contributed by atoms with E-state index in [4.69, 9.17) is 5.73 Å². The van der Waals surface area contributed by atoms with Crippen molar-refractivity contribution in [2.45, 2.75) is 57.0 Å². The monoisotopic (exact) mass is 286 g/mol. The standard InChI is InChI=1S/C18H26N2O/c19-16-11-5-10-15(12-16)18(21)20-17(14-8-4-9-14)13-6-2-1-3-7-13/h1-3,6-7,14-17H,4-5,8-12,19H2,(H,20,21). The Balaban J connectivity index is 1.68. The van der Waals surface area contributed by atoms with Crippen LogP contribution in [-0.4, -0.2) is 11.9 Å². The first kappa shape index (κ1) is 14.6. The van der Waals surface area contributed by atoms with Gasteiger partial charge < -0.3 is 11.1 Å². The normalized spacial score (nSPS) is 27.7. The molecule has 2 aliphatic carbocycles. The minimum Gasteiger partial charge on any atom is -0.349 e. The van der Waals surface area contributed by atoms with Crippen molar-refractivity contribution in [3.8, 4) is 0 Å². The first-order chi connectivity index (χ1) is 10.2. The van der Waals surface area contributed by atoms with Gasteiger partial charge in [0.05, 0.1) is 6.04 Å². The number of hydrogen-bond acceptors (Lipinski definition) is 2. The molecule has 2 aliphatic rings. The first-order valence-electron chi connectivity index (χ1n) is 8.35. The summed E-state index contributed by atoms with van der Waals surface area (Å²) >= 11 is 0. The molecule has 3 rings (SSSR count). The van der Waals surface area contributed by atoms with Crippen LogP contribution in [0.15, 0.2) is 30.3 Å². The van der Waals surface area contributed by atoms with E-state index in [1.54, 1.807) is 0 Å². The molecule has 114 valence electrons. The number of benzene rings is 1. The average molecular weight is 286 g/mol. The predicted octanol–water partition coefficient (Wildman–Crippen LogP) is 3.16. The van der Waals surface area contributed by atoms with Crippen LogP contribution in [0.2, 0.25) is 0 Å². The van der Waals surface area contributed by atoms with Crippen molar-refractivity contribution in [1.82, 2.24) is 5.32 Å². The minimum atomic E-state index is 0.111. The van der Waals surface area contributed by atoms with Crippen molar-refractivity contribution in [3.05, 3.63) is 35.9 Å². The van der Waals surface area contributed by atoms with Crippen molar-refractivity contribution in [3.63, 3.8) is 0 Å². The second kappa shape index (κ2) is 6.61. The lowest BCUT2D eigenvalue weighted by Gasteiger charge is -2.36. The summed E-state index contributed by atoms with van der Waals surface area (Å²) in [5, 5.41) is 3.33. The van der Waals surface area contributed by atoms with Crippen molar-refractivity contribution in [1.29, 1.82) is 0 Å². The van der Waals surface area contributed by atoms with Crippen LogP contribution < -0.4 is 11.1 Å². The Morgan fingerprint density at radius 3 is 2.43 bits per heavy atom. The third-order valence-electron chi connectivity index (χ3n) is 5.16. The van der Waals surface area contributed by atoms with Crippen LogP contribution in [0.5, 0.6) is 0 Å². The topological polar surface area (TPSA) is 55.1 Å². The maximum atomic E-state index is 12.6. The lowest BCUT2D eigenvalue weighted by molar-refractivity contribution is -0.127. The van der Waals surface area contributed by atoms with E-state index in [1.165, 1.54) is 24.8 Å². The van der Waals surface area contributed by atoms with Crippen LogP contribution in [0.25, 0.3) is 0 Å². The molecular weight excluding hydrogens is 260 g/mol. The molecule has 2 fully saturated rings. The highest BCUT2D eigenvalue weighted by Crippen LogP contribution is 2.38. The molecule has 1 aromatic carbocycles. The summed E-state index contributed by atoms with van der Waals surface area (Å²) in [6.45, 7) is 0. The smallest absolute Gasteiger partial charge is 0.223 e. The number of carbonyl (C=O) groups is 1. The van der Waals surface area contributed by atoms with Crippen LogP contribution in [0.1, 0.15) is 56.6 Å². The number of hydrogen-bond donors (Lipinski definition) is 2. The third kappa shape index (κ3) is 3.46. The zero-order chi connectivity index (χ0) is 14.7. The van der Waals surface area contributed by atoms with Crippen molar-refractivity contribution in [2.24, 2.45) is 17.6 Å². The van der Waals surface area contributed by atoms with E-state index in [1.807, 2.05) is 6.07 Å². The Hall–Kier alpha value is -1.35. The Morgan fingerprint density at radius 1 is 1.10 bits per heavy atom. The molecule has 21 heavy (non-hydrogen) atoms. The number of nitrogens with two attached hydrogens (primary N) is 1. The van der Waals surface area contributed by atoms with Crippen LogP contribution in [0.4, 0.5) is 0 Å². The molecule has 1 amide bonds. The summed E-state index contributed by atoms with van der Waals surface area (Å²) in [7, 11) is 0. The maximum absolute atomic E-state index is 12.6. The van der Waals surface area contributed by atoms with Crippen LogP contribution >= 0.6 is 0 Å². The lowest BCUT2D eigenvalue weighted by Crippen LogP contribution is -2.42. The van der Waals surface area contributed by atoms with Gasteiger partial charge >= 0.3 is 0 Å². The van der Waals surface area contributed by atoms with Crippen molar-refractivity contribution in [2.75, 3.05) is 0 Å². The van der Waals surface area contributed by atoms with E-state index >= 15 is 0 Å². The molecule has 0 aliphatic heterocycles. The molecule has 0 radical (unpaired) electrons. The molecule has 3 nitrogen and oxygen atoms in total. The van der Waals surface area contributed by atoms with Gasteiger partial charge in [0.25, 0.3) is 0 Å². The summed E-state index contributed by atoms with van der Waals surface area (Å²) in [6, 6.07) is 10.8. The lowest BCUT2D eigenvalue weighted by atomic mass is 9.76. The molecular formula is C18H26N2O. The van der Waals surface area contributed by atoms with Gasteiger partial charge in [0.2, 0.25) is 5.91 Å². The summed E-state index contributed by atoms with van der Waals surface area (Å²) < 4.78 is 0. The van der Waals surface area contributed by atoms with E-state index in [9.17, 15) is 4.79 Å². The molecule has 2 saturated carbocycles. The molecule has 0 bridgehead atoms. The van der Waals surface area contributed by atoms with E-state index < -0.39 is 0 Å². The van der Waals surface area contributed by atoms with Crippen LogP contribution in [-0.2, 0) is 4.79 Å². The number of carbonyl (C=O) groups excluding carboxylic acids is 1. The van der Waals surface area contributed by atoms with Gasteiger partial charge in [0.1, 0.15) is 0 Å². The van der Waals surface area contributed by atoms with Gasteiger partial charge in [-0.3, -0.25) is 4.79 Å². The summed E-state index contributed by atoms with van der Waals surface area (Å²) in [6.07, 6.45) is 7.73. The summed E-state index contributed by atoms with van der Waals surface area (Å²) in [4.78, 5) is 12.6. The van der Waals surface area contributed by atoms with E-state index in [0.717, 1.165) is 25.7 Å². The number of nitrogens with one attached hydrogen (secondary N) is 1. The molecule has 3 unspecified atom stereocenters. The van der Waals surface area contributed by atoms with Gasteiger partial charge in [-0.05, 0) is 43.6 Å². The Labute approximate surface area is 127 Å². The minimum absolute atomic E-state index is 0.111. The molecule has 0 spiro atoms. The first-order valence-corrected chi connectivity index (χ1v) is 8.35. The van der Waals surface area contributed by atoms with Gasteiger partial charge in [-0.25, -0.2) is 0 Å². The molecule has 0 aromatic heterocycles. The summed E-state index contributed by atoms with van der Waals surface area (Å²) in [5.41, 5.74) is 7.27. The van der Waals surface area contributed by atoms with Gasteiger partial charge in [-0.15, -0.1) is 0 Å². The zero-order valence-corrected chi connectivity index (χ0v) is 12.6. The molecule has 0 heterocycles. The van der Waals surface area contributed by atoms with Gasteiger partial charge in [0.15, 0.2) is 0 Å². The highest BCUT2D eigenvalue weighted by atomic mass is 16.1. The maximum Gasteiger partial charge on any atom is 0.223 e.